The quantitative estimate of drug-likeness (QED) is 0.576. The number of piperazine rings is 1. The average molecular weight is 409 g/mol. The number of hydrogen-bond acceptors (Lipinski definition) is 6. The Morgan fingerprint density at radius 3 is 2.60 bits per heavy atom. The van der Waals surface area contributed by atoms with E-state index in [0.29, 0.717) is 6.54 Å². The van der Waals surface area contributed by atoms with Gasteiger partial charge in [0, 0.05) is 70.0 Å². The zero-order chi connectivity index (χ0) is 20.9. The molecule has 158 valence electrons. The summed E-state index contributed by atoms with van der Waals surface area (Å²) in [5.41, 5.74) is 3.50. The minimum absolute atomic E-state index is 0.184. The first kappa shape index (κ1) is 20.1. The lowest BCUT2D eigenvalue weighted by Crippen LogP contribution is -2.47. The Labute approximate surface area is 176 Å². The van der Waals surface area contributed by atoms with E-state index in [1.807, 2.05) is 48.1 Å². The van der Waals surface area contributed by atoms with E-state index in [9.17, 15) is 4.79 Å². The first-order valence-electron chi connectivity index (χ1n) is 10.2. The summed E-state index contributed by atoms with van der Waals surface area (Å²) in [5, 5.41) is 8.88. The van der Waals surface area contributed by atoms with Crippen molar-refractivity contribution < 1.29 is 4.79 Å². The third-order valence-corrected chi connectivity index (χ3v) is 5.41. The number of fused-ring (bicyclic) bond motifs is 1. The Hall–Kier alpha value is -3.17. The lowest BCUT2D eigenvalue weighted by Gasteiger charge is -2.32. The summed E-state index contributed by atoms with van der Waals surface area (Å²) >= 11 is 0. The molecule has 3 N–H and O–H groups in total. The van der Waals surface area contributed by atoms with Crippen molar-refractivity contribution in [3.63, 3.8) is 0 Å². The molecule has 0 bridgehead atoms. The summed E-state index contributed by atoms with van der Waals surface area (Å²) in [4.78, 5) is 25.6. The monoisotopic (exact) mass is 408 g/mol. The highest BCUT2D eigenvalue weighted by atomic mass is 16.2. The van der Waals surface area contributed by atoms with Gasteiger partial charge in [-0.3, -0.25) is 9.30 Å². The SMILES string of the molecule is CNc1nccn2c(-c3ccc(NC(=O)NCCN4CCN(C)CC4)cc3)cnc12. The molecule has 0 radical (unpaired) electrons. The Morgan fingerprint density at radius 2 is 1.87 bits per heavy atom. The molecule has 0 unspecified atom stereocenters. The van der Waals surface area contributed by atoms with Crippen LogP contribution >= 0.6 is 0 Å². The molecule has 1 aromatic carbocycles. The lowest BCUT2D eigenvalue weighted by atomic mass is 10.1. The van der Waals surface area contributed by atoms with Crippen LogP contribution in [0.1, 0.15) is 0 Å². The second-order valence-electron chi connectivity index (χ2n) is 7.47. The molecule has 9 heteroatoms. The molecular weight excluding hydrogens is 380 g/mol. The smallest absolute Gasteiger partial charge is 0.319 e. The number of nitrogens with one attached hydrogen (secondary N) is 3. The van der Waals surface area contributed by atoms with Crippen LogP contribution in [-0.4, -0.2) is 83.6 Å². The molecule has 1 aliphatic heterocycles. The third-order valence-electron chi connectivity index (χ3n) is 5.41. The summed E-state index contributed by atoms with van der Waals surface area (Å²) in [7, 11) is 3.97. The topological polar surface area (TPSA) is 89.8 Å². The molecule has 0 spiro atoms. The van der Waals surface area contributed by atoms with Gasteiger partial charge in [0.1, 0.15) is 0 Å². The van der Waals surface area contributed by atoms with Gasteiger partial charge in [-0.05, 0) is 19.2 Å². The van der Waals surface area contributed by atoms with Crippen molar-refractivity contribution >= 4 is 23.2 Å². The van der Waals surface area contributed by atoms with Crippen molar-refractivity contribution in [3.8, 4) is 11.3 Å². The molecule has 0 aliphatic carbocycles. The number of likely N-dealkylation sites (N-methyl/N-ethyl adjacent to an activating group) is 1. The largest absolute Gasteiger partial charge is 0.370 e. The number of carbonyl (C=O) groups excluding carboxylic acids is 1. The van der Waals surface area contributed by atoms with E-state index in [1.54, 1.807) is 6.20 Å². The van der Waals surface area contributed by atoms with Crippen molar-refractivity contribution in [1.82, 2.24) is 29.5 Å². The molecule has 30 heavy (non-hydrogen) atoms. The molecule has 3 aromatic rings. The van der Waals surface area contributed by atoms with Gasteiger partial charge in [-0.15, -0.1) is 0 Å². The minimum Gasteiger partial charge on any atom is -0.370 e. The molecule has 2 amide bonds. The van der Waals surface area contributed by atoms with Crippen LogP contribution in [0.25, 0.3) is 16.9 Å². The molecule has 4 rings (SSSR count). The summed E-state index contributed by atoms with van der Waals surface area (Å²) in [6.45, 7) is 5.78. The normalized spacial score (nSPS) is 15.3. The van der Waals surface area contributed by atoms with Gasteiger partial charge in [0.05, 0.1) is 11.9 Å². The maximum Gasteiger partial charge on any atom is 0.319 e. The first-order chi connectivity index (χ1) is 14.6. The van der Waals surface area contributed by atoms with Gasteiger partial charge in [0.25, 0.3) is 0 Å². The minimum atomic E-state index is -0.184. The molecular formula is C21H28N8O. The van der Waals surface area contributed by atoms with Crippen LogP contribution in [0.2, 0.25) is 0 Å². The van der Waals surface area contributed by atoms with Gasteiger partial charge in [0.2, 0.25) is 0 Å². The molecule has 1 fully saturated rings. The van der Waals surface area contributed by atoms with Gasteiger partial charge in [0.15, 0.2) is 11.5 Å². The van der Waals surface area contributed by atoms with E-state index in [4.69, 9.17) is 0 Å². The van der Waals surface area contributed by atoms with Crippen LogP contribution in [0.4, 0.5) is 16.3 Å². The number of carbonyl (C=O) groups is 1. The Morgan fingerprint density at radius 1 is 1.10 bits per heavy atom. The van der Waals surface area contributed by atoms with Crippen molar-refractivity contribution in [2.45, 2.75) is 0 Å². The average Bonchev–Trinajstić information content (AvgIpc) is 3.20. The van der Waals surface area contributed by atoms with Crippen molar-refractivity contribution in [1.29, 1.82) is 0 Å². The number of nitrogens with zero attached hydrogens (tertiary/aromatic N) is 5. The standard InChI is InChI=1S/C21H28N8O/c1-22-19-20-25-15-18(29(20)10-8-23-19)16-3-5-17(6-4-16)26-21(30)24-7-9-28-13-11-27(2)12-14-28/h3-6,8,10,15H,7,9,11-14H2,1-2H3,(H,22,23)(H2,24,26,30). The first-order valence-corrected chi connectivity index (χ1v) is 10.2. The van der Waals surface area contributed by atoms with Gasteiger partial charge in [-0.1, -0.05) is 12.1 Å². The Balaban J connectivity index is 1.32. The highest BCUT2D eigenvalue weighted by Crippen LogP contribution is 2.24. The summed E-state index contributed by atoms with van der Waals surface area (Å²) < 4.78 is 1.99. The van der Waals surface area contributed by atoms with Crippen molar-refractivity contribution in [3.05, 3.63) is 42.9 Å². The summed E-state index contributed by atoms with van der Waals surface area (Å²) in [6.07, 6.45) is 5.45. The molecule has 0 saturated carbocycles. The van der Waals surface area contributed by atoms with E-state index in [1.165, 1.54) is 0 Å². The number of amides is 2. The predicted molar refractivity (Wildman–Crippen MR) is 119 cm³/mol. The zero-order valence-corrected chi connectivity index (χ0v) is 17.4. The van der Waals surface area contributed by atoms with E-state index in [-0.39, 0.29) is 6.03 Å². The van der Waals surface area contributed by atoms with E-state index in [2.05, 4.69) is 42.8 Å². The van der Waals surface area contributed by atoms with Crippen LogP contribution in [-0.2, 0) is 0 Å². The zero-order valence-electron chi connectivity index (χ0n) is 17.4. The van der Waals surface area contributed by atoms with Crippen molar-refractivity contribution in [2.24, 2.45) is 0 Å². The number of benzene rings is 1. The van der Waals surface area contributed by atoms with Gasteiger partial charge >= 0.3 is 6.03 Å². The van der Waals surface area contributed by atoms with Crippen LogP contribution in [0.15, 0.2) is 42.9 Å². The van der Waals surface area contributed by atoms with E-state index < -0.39 is 0 Å². The molecule has 2 aromatic heterocycles. The summed E-state index contributed by atoms with van der Waals surface area (Å²) in [5.74, 6) is 0.732. The van der Waals surface area contributed by atoms with E-state index in [0.717, 1.165) is 61.1 Å². The third kappa shape index (κ3) is 4.52. The Bertz CT molecular complexity index is 992. The summed E-state index contributed by atoms with van der Waals surface area (Å²) in [6, 6.07) is 7.56. The maximum absolute atomic E-state index is 12.2. The molecule has 1 saturated heterocycles. The molecule has 1 aliphatic rings. The van der Waals surface area contributed by atoms with E-state index >= 15 is 0 Å². The fraction of sp³-hybridized carbons (Fsp3) is 0.381. The van der Waals surface area contributed by atoms with Gasteiger partial charge in [-0.2, -0.15) is 0 Å². The van der Waals surface area contributed by atoms with Crippen molar-refractivity contribution in [2.75, 3.05) is 64.0 Å². The number of hydrogen-bond donors (Lipinski definition) is 3. The van der Waals surface area contributed by atoms with Crippen LogP contribution in [0.3, 0.4) is 0 Å². The molecule has 3 heterocycles. The fourth-order valence-corrected chi connectivity index (χ4v) is 3.61. The predicted octanol–water partition coefficient (Wildman–Crippen LogP) is 1.81. The van der Waals surface area contributed by atoms with Crippen LogP contribution < -0.4 is 16.0 Å². The fourth-order valence-electron chi connectivity index (χ4n) is 3.61. The van der Waals surface area contributed by atoms with Gasteiger partial charge in [-0.25, -0.2) is 14.8 Å². The lowest BCUT2D eigenvalue weighted by molar-refractivity contribution is 0.155. The number of urea groups is 1. The number of rotatable bonds is 6. The highest BCUT2D eigenvalue weighted by Gasteiger charge is 2.13. The highest BCUT2D eigenvalue weighted by molar-refractivity contribution is 5.89. The second-order valence-corrected chi connectivity index (χ2v) is 7.47. The maximum atomic E-state index is 12.2. The molecule has 9 nitrogen and oxygen atoms in total. The number of anilines is 2. The Kier molecular flexibility index (Phi) is 6.10. The number of aromatic nitrogens is 3. The van der Waals surface area contributed by atoms with Crippen LogP contribution in [0.5, 0.6) is 0 Å². The molecule has 0 atom stereocenters. The second kappa shape index (κ2) is 9.10. The van der Waals surface area contributed by atoms with Gasteiger partial charge < -0.3 is 20.9 Å². The number of imidazole rings is 1. The van der Waals surface area contributed by atoms with Crippen LogP contribution in [0, 0.1) is 0 Å².